The summed E-state index contributed by atoms with van der Waals surface area (Å²) in [5, 5.41) is 8.62. The Morgan fingerprint density at radius 1 is 1.50 bits per heavy atom. The van der Waals surface area contributed by atoms with Crippen molar-refractivity contribution < 1.29 is 14.6 Å². The number of anilines is 1. The highest BCUT2D eigenvalue weighted by molar-refractivity contribution is 5.66. The van der Waals surface area contributed by atoms with E-state index in [9.17, 15) is 4.79 Å². The van der Waals surface area contributed by atoms with Gasteiger partial charge in [0.15, 0.2) is 0 Å². The van der Waals surface area contributed by atoms with Gasteiger partial charge in [-0.3, -0.25) is 4.79 Å². The summed E-state index contributed by atoms with van der Waals surface area (Å²) in [4.78, 5) is 12.6. The summed E-state index contributed by atoms with van der Waals surface area (Å²) in [5.41, 5.74) is 2.38. The summed E-state index contributed by atoms with van der Waals surface area (Å²) in [6.45, 7) is 1.56. The van der Waals surface area contributed by atoms with Crippen LogP contribution in [0.5, 0.6) is 5.75 Å². The van der Waals surface area contributed by atoms with Crippen molar-refractivity contribution >= 4 is 11.7 Å². The van der Waals surface area contributed by atoms with Gasteiger partial charge >= 0.3 is 5.97 Å². The topological polar surface area (TPSA) is 49.8 Å². The summed E-state index contributed by atoms with van der Waals surface area (Å²) < 4.78 is 5.57. The molecule has 4 heteroatoms. The molecule has 0 spiro atoms. The van der Waals surface area contributed by atoms with E-state index in [1.165, 1.54) is 5.56 Å². The first kappa shape index (κ1) is 12.7. The van der Waals surface area contributed by atoms with Gasteiger partial charge in [0.2, 0.25) is 0 Å². The number of hydrogen-bond donors (Lipinski definition) is 1. The maximum absolute atomic E-state index is 10.5. The maximum atomic E-state index is 10.5. The number of carbonyl (C=O) groups is 1. The van der Waals surface area contributed by atoms with Crippen LogP contribution in [0.2, 0.25) is 0 Å². The summed E-state index contributed by atoms with van der Waals surface area (Å²) in [5.74, 6) is 0.256. The number of rotatable bonds is 5. The van der Waals surface area contributed by atoms with Crippen molar-refractivity contribution in [3.63, 3.8) is 0 Å². The number of ether oxygens (including phenoxy) is 1. The molecule has 0 amide bonds. The molecular weight excluding hydrogens is 230 g/mol. The molecule has 2 rings (SSSR count). The molecule has 0 aliphatic carbocycles. The number of aryl methyl sites for hydroxylation is 1. The number of carboxylic acid groups (broad SMARTS) is 1. The van der Waals surface area contributed by atoms with Crippen molar-refractivity contribution in [2.24, 2.45) is 0 Å². The van der Waals surface area contributed by atoms with Crippen LogP contribution in [0, 0.1) is 0 Å². The zero-order chi connectivity index (χ0) is 13.0. The molecule has 98 valence electrons. The molecule has 0 aromatic heterocycles. The summed E-state index contributed by atoms with van der Waals surface area (Å²) >= 11 is 0. The fraction of sp³-hybridized carbons (Fsp3) is 0.500. The predicted octanol–water partition coefficient (Wildman–Crippen LogP) is 2.31. The number of benzene rings is 1. The zero-order valence-electron chi connectivity index (χ0n) is 10.7. The first-order valence-electron chi connectivity index (χ1n) is 6.35. The minimum atomic E-state index is -0.734. The van der Waals surface area contributed by atoms with Crippen LogP contribution in [0.4, 0.5) is 5.69 Å². The van der Waals surface area contributed by atoms with Crippen molar-refractivity contribution in [2.45, 2.75) is 25.7 Å². The number of carboxylic acids is 1. The van der Waals surface area contributed by atoms with E-state index >= 15 is 0 Å². The molecule has 0 atom stereocenters. The van der Waals surface area contributed by atoms with Crippen molar-refractivity contribution in [2.75, 3.05) is 25.1 Å². The van der Waals surface area contributed by atoms with E-state index in [2.05, 4.69) is 11.0 Å². The summed E-state index contributed by atoms with van der Waals surface area (Å²) in [6, 6.07) is 6.19. The highest BCUT2D eigenvalue weighted by atomic mass is 16.5. The molecule has 0 saturated heterocycles. The molecule has 1 aromatic carbocycles. The Kier molecular flexibility index (Phi) is 4.07. The van der Waals surface area contributed by atoms with Gasteiger partial charge in [-0.15, -0.1) is 0 Å². The molecule has 0 saturated carbocycles. The van der Waals surface area contributed by atoms with Crippen LogP contribution in [0.25, 0.3) is 0 Å². The Balaban J connectivity index is 1.97. The smallest absolute Gasteiger partial charge is 0.303 e. The first-order valence-corrected chi connectivity index (χ1v) is 6.35. The highest BCUT2D eigenvalue weighted by Crippen LogP contribution is 2.28. The second-order valence-corrected chi connectivity index (χ2v) is 4.66. The molecule has 0 bridgehead atoms. The lowest BCUT2D eigenvalue weighted by molar-refractivity contribution is -0.137. The Labute approximate surface area is 107 Å². The molecule has 1 aliphatic heterocycles. The fourth-order valence-corrected chi connectivity index (χ4v) is 2.18. The third-order valence-corrected chi connectivity index (χ3v) is 3.22. The molecular formula is C14H19NO3. The van der Waals surface area contributed by atoms with Gasteiger partial charge in [0.05, 0.1) is 6.61 Å². The van der Waals surface area contributed by atoms with Gasteiger partial charge in [-0.05, 0) is 43.0 Å². The van der Waals surface area contributed by atoms with Gasteiger partial charge in [-0.1, -0.05) is 0 Å². The van der Waals surface area contributed by atoms with Gasteiger partial charge in [0, 0.05) is 25.7 Å². The average molecular weight is 249 g/mol. The minimum Gasteiger partial charge on any atom is -0.493 e. The van der Waals surface area contributed by atoms with E-state index < -0.39 is 5.97 Å². The van der Waals surface area contributed by atoms with Crippen molar-refractivity contribution in [3.8, 4) is 5.75 Å². The van der Waals surface area contributed by atoms with Crippen molar-refractivity contribution in [1.82, 2.24) is 0 Å². The van der Waals surface area contributed by atoms with Gasteiger partial charge in [-0.25, -0.2) is 0 Å². The van der Waals surface area contributed by atoms with E-state index in [4.69, 9.17) is 9.84 Å². The lowest BCUT2D eigenvalue weighted by Gasteiger charge is -2.23. The van der Waals surface area contributed by atoms with E-state index in [1.807, 2.05) is 19.2 Å². The minimum absolute atomic E-state index is 0.221. The third kappa shape index (κ3) is 3.15. The maximum Gasteiger partial charge on any atom is 0.303 e. The van der Waals surface area contributed by atoms with Crippen molar-refractivity contribution in [3.05, 3.63) is 23.8 Å². The van der Waals surface area contributed by atoms with E-state index in [1.54, 1.807) is 0 Å². The summed E-state index contributed by atoms with van der Waals surface area (Å²) in [7, 11) is 1.99. The highest BCUT2D eigenvalue weighted by Gasteiger charge is 2.12. The van der Waals surface area contributed by atoms with Gasteiger partial charge in [0.1, 0.15) is 5.75 Å². The normalized spacial score (nSPS) is 13.6. The average Bonchev–Trinajstić information content (AvgIpc) is 2.37. The van der Waals surface area contributed by atoms with Gasteiger partial charge < -0.3 is 14.7 Å². The molecule has 0 unspecified atom stereocenters. The van der Waals surface area contributed by atoms with E-state index in [-0.39, 0.29) is 6.42 Å². The SMILES string of the molecule is CN(CCCC(=O)O)c1ccc2c(c1)CCCO2. The lowest BCUT2D eigenvalue weighted by Crippen LogP contribution is -2.20. The first-order chi connectivity index (χ1) is 8.66. The summed E-state index contributed by atoms with van der Waals surface area (Å²) in [6.07, 6.45) is 3.02. The van der Waals surface area contributed by atoms with Crippen molar-refractivity contribution in [1.29, 1.82) is 0 Å². The number of nitrogens with zero attached hydrogens (tertiary/aromatic N) is 1. The lowest BCUT2D eigenvalue weighted by atomic mass is 10.1. The second kappa shape index (κ2) is 5.76. The van der Waals surface area contributed by atoms with Crippen LogP contribution in [0.3, 0.4) is 0 Å². The molecule has 18 heavy (non-hydrogen) atoms. The monoisotopic (exact) mass is 249 g/mol. The van der Waals surface area contributed by atoms with Crippen LogP contribution < -0.4 is 9.64 Å². The van der Waals surface area contributed by atoms with Crippen LogP contribution >= 0.6 is 0 Å². The van der Waals surface area contributed by atoms with Gasteiger partial charge in [-0.2, -0.15) is 0 Å². The Morgan fingerprint density at radius 3 is 3.11 bits per heavy atom. The molecule has 0 fully saturated rings. The number of hydrogen-bond acceptors (Lipinski definition) is 3. The number of aliphatic carboxylic acids is 1. The van der Waals surface area contributed by atoms with Crippen LogP contribution in [-0.4, -0.2) is 31.3 Å². The predicted molar refractivity (Wildman–Crippen MR) is 70.4 cm³/mol. The Bertz CT molecular complexity index is 431. The standard InChI is InChI=1S/C14H19NO3/c1-15(8-2-5-14(16)17)12-6-7-13-11(10-12)4-3-9-18-13/h6-7,10H,2-5,8-9H2,1H3,(H,16,17). The molecule has 1 heterocycles. The Morgan fingerprint density at radius 2 is 2.33 bits per heavy atom. The number of fused-ring (bicyclic) bond motifs is 1. The zero-order valence-corrected chi connectivity index (χ0v) is 10.7. The molecule has 4 nitrogen and oxygen atoms in total. The molecule has 0 radical (unpaired) electrons. The second-order valence-electron chi connectivity index (χ2n) is 4.66. The fourth-order valence-electron chi connectivity index (χ4n) is 2.18. The van der Waals surface area contributed by atoms with E-state index in [0.29, 0.717) is 6.42 Å². The largest absolute Gasteiger partial charge is 0.493 e. The van der Waals surface area contributed by atoms with Gasteiger partial charge in [0.25, 0.3) is 0 Å². The molecule has 1 N–H and O–H groups in total. The third-order valence-electron chi connectivity index (χ3n) is 3.22. The Hall–Kier alpha value is -1.71. The van der Waals surface area contributed by atoms with Crippen LogP contribution in [0.1, 0.15) is 24.8 Å². The molecule has 1 aromatic rings. The van der Waals surface area contributed by atoms with E-state index in [0.717, 1.165) is 37.4 Å². The van der Waals surface area contributed by atoms with Crippen LogP contribution in [0.15, 0.2) is 18.2 Å². The quantitative estimate of drug-likeness (QED) is 0.870. The molecule has 1 aliphatic rings. The van der Waals surface area contributed by atoms with Crippen LogP contribution in [-0.2, 0) is 11.2 Å².